The van der Waals surface area contributed by atoms with Gasteiger partial charge in [-0.3, -0.25) is 0 Å². The van der Waals surface area contributed by atoms with Crippen molar-refractivity contribution >= 4 is 5.97 Å². The van der Waals surface area contributed by atoms with E-state index in [1.54, 1.807) is 0 Å². The van der Waals surface area contributed by atoms with Crippen LogP contribution in [0.5, 0.6) is 5.75 Å². The maximum Gasteiger partial charge on any atom is 0.342 e. The first-order valence-electron chi connectivity index (χ1n) is 6.37. The average molecular weight is 252 g/mol. The highest BCUT2D eigenvalue weighted by Gasteiger charge is 2.20. The molecule has 0 unspecified atom stereocenters. The van der Waals surface area contributed by atoms with Gasteiger partial charge in [-0.1, -0.05) is 18.9 Å². The predicted octanol–water partition coefficient (Wildman–Crippen LogP) is 3.63. The molecule has 0 atom stereocenters. The second-order valence-electron chi connectivity index (χ2n) is 4.65. The number of carboxylic acids is 1. The van der Waals surface area contributed by atoms with E-state index in [9.17, 15) is 9.18 Å². The summed E-state index contributed by atoms with van der Waals surface area (Å²) in [6.45, 7) is 0. The lowest BCUT2D eigenvalue weighted by atomic mass is 10.1. The van der Waals surface area contributed by atoms with Crippen molar-refractivity contribution in [3.05, 3.63) is 29.6 Å². The molecule has 1 aliphatic rings. The Morgan fingerprint density at radius 1 is 1.22 bits per heavy atom. The number of hydrogen-bond acceptors (Lipinski definition) is 2. The summed E-state index contributed by atoms with van der Waals surface area (Å²) < 4.78 is 19.2. The van der Waals surface area contributed by atoms with Crippen LogP contribution in [0.4, 0.5) is 4.39 Å². The molecule has 98 valence electrons. The molecule has 1 N–H and O–H groups in total. The zero-order valence-electron chi connectivity index (χ0n) is 10.2. The van der Waals surface area contributed by atoms with E-state index in [2.05, 4.69) is 0 Å². The predicted molar refractivity (Wildman–Crippen MR) is 65.5 cm³/mol. The standard InChI is InChI=1S/C14H17FO3/c15-11-8-5-9-12(13(11)14(16)17)18-10-6-3-1-2-4-7-10/h5,8-10H,1-4,6-7H2,(H,16,17). The van der Waals surface area contributed by atoms with Crippen LogP contribution in [0.1, 0.15) is 48.9 Å². The lowest BCUT2D eigenvalue weighted by Gasteiger charge is -2.18. The number of hydrogen-bond donors (Lipinski definition) is 1. The highest BCUT2D eigenvalue weighted by atomic mass is 19.1. The molecule has 0 spiro atoms. The van der Waals surface area contributed by atoms with Gasteiger partial charge >= 0.3 is 5.97 Å². The van der Waals surface area contributed by atoms with Crippen molar-refractivity contribution < 1.29 is 19.0 Å². The molecule has 18 heavy (non-hydrogen) atoms. The molecule has 1 aromatic rings. The summed E-state index contributed by atoms with van der Waals surface area (Å²) in [5.41, 5.74) is -0.359. The minimum atomic E-state index is -1.28. The molecule has 0 radical (unpaired) electrons. The summed E-state index contributed by atoms with van der Waals surface area (Å²) in [7, 11) is 0. The van der Waals surface area contributed by atoms with Crippen LogP contribution in [0.25, 0.3) is 0 Å². The van der Waals surface area contributed by atoms with Crippen LogP contribution in [0.3, 0.4) is 0 Å². The fraction of sp³-hybridized carbons (Fsp3) is 0.500. The largest absolute Gasteiger partial charge is 0.489 e. The smallest absolute Gasteiger partial charge is 0.342 e. The molecule has 0 heterocycles. The van der Waals surface area contributed by atoms with E-state index < -0.39 is 11.8 Å². The number of rotatable bonds is 3. The summed E-state index contributed by atoms with van der Waals surface area (Å²) in [5.74, 6) is -1.88. The van der Waals surface area contributed by atoms with Crippen LogP contribution < -0.4 is 4.74 Å². The van der Waals surface area contributed by atoms with Gasteiger partial charge in [0.05, 0.1) is 6.10 Å². The number of carbonyl (C=O) groups is 1. The fourth-order valence-electron chi connectivity index (χ4n) is 2.35. The van der Waals surface area contributed by atoms with Gasteiger partial charge in [0.25, 0.3) is 0 Å². The van der Waals surface area contributed by atoms with Crippen molar-refractivity contribution in [1.82, 2.24) is 0 Å². The number of ether oxygens (including phenoxy) is 1. The van der Waals surface area contributed by atoms with Gasteiger partial charge < -0.3 is 9.84 Å². The summed E-state index contributed by atoms with van der Waals surface area (Å²) in [4.78, 5) is 11.0. The van der Waals surface area contributed by atoms with Crippen molar-refractivity contribution in [2.24, 2.45) is 0 Å². The molecule has 0 saturated heterocycles. The monoisotopic (exact) mass is 252 g/mol. The Hall–Kier alpha value is -1.58. The molecule has 1 fully saturated rings. The SMILES string of the molecule is O=C(O)c1c(F)cccc1OC1CCCCCC1. The Bertz CT molecular complexity index is 423. The molecular weight excluding hydrogens is 235 g/mol. The molecule has 0 bridgehead atoms. The Labute approximate surface area is 106 Å². The molecule has 0 aliphatic heterocycles. The topological polar surface area (TPSA) is 46.5 Å². The van der Waals surface area contributed by atoms with Crippen molar-refractivity contribution in [3.63, 3.8) is 0 Å². The van der Waals surface area contributed by atoms with Crippen molar-refractivity contribution in [2.45, 2.75) is 44.6 Å². The van der Waals surface area contributed by atoms with Gasteiger partial charge in [-0.05, 0) is 37.8 Å². The number of benzene rings is 1. The summed E-state index contributed by atoms with van der Waals surface area (Å²) in [5, 5.41) is 9.01. The molecule has 3 nitrogen and oxygen atoms in total. The van der Waals surface area contributed by atoms with Crippen LogP contribution in [-0.4, -0.2) is 17.2 Å². The highest BCUT2D eigenvalue weighted by molar-refractivity contribution is 5.91. The molecule has 1 aliphatic carbocycles. The van der Waals surface area contributed by atoms with Crippen LogP contribution >= 0.6 is 0 Å². The second-order valence-corrected chi connectivity index (χ2v) is 4.65. The highest BCUT2D eigenvalue weighted by Crippen LogP contribution is 2.27. The van der Waals surface area contributed by atoms with Crippen LogP contribution in [-0.2, 0) is 0 Å². The Morgan fingerprint density at radius 3 is 2.50 bits per heavy atom. The number of carboxylic acid groups (broad SMARTS) is 1. The molecule has 0 aromatic heterocycles. The molecular formula is C14H17FO3. The second kappa shape index (κ2) is 5.85. The maximum absolute atomic E-state index is 13.5. The third-order valence-electron chi connectivity index (χ3n) is 3.29. The first kappa shape index (κ1) is 12.9. The van der Waals surface area contributed by atoms with Gasteiger partial charge in [0.2, 0.25) is 0 Å². The van der Waals surface area contributed by atoms with Gasteiger partial charge in [0, 0.05) is 0 Å². The average Bonchev–Trinajstić information content (AvgIpc) is 2.57. The Kier molecular flexibility index (Phi) is 4.18. The maximum atomic E-state index is 13.5. The zero-order chi connectivity index (χ0) is 13.0. The zero-order valence-corrected chi connectivity index (χ0v) is 10.2. The third kappa shape index (κ3) is 3.00. The molecule has 2 rings (SSSR count). The van der Waals surface area contributed by atoms with E-state index >= 15 is 0 Å². The quantitative estimate of drug-likeness (QED) is 0.836. The Balaban J connectivity index is 2.17. The van der Waals surface area contributed by atoms with Crippen LogP contribution in [0, 0.1) is 5.82 Å². The van der Waals surface area contributed by atoms with Crippen LogP contribution in [0.15, 0.2) is 18.2 Å². The van der Waals surface area contributed by atoms with Crippen molar-refractivity contribution in [2.75, 3.05) is 0 Å². The van der Waals surface area contributed by atoms with Gasteiger partial charge in [0.15, 0.2) is 0 Å². The fourth-order valence-corrected chi connectivity index (χ4v) is 2.35. The summed E-state index contributed by atoms with van der Waals surface area (Å²) in [6.07, 6.45) is 6.38. The number of halogens is 1. The molecule has 1 aromatic carbocycles. The summed E-state index contributed by atoms with van der Waals surface area (Å²) in [6, 6.07) is 4.15. The van der Waals surface area contributed by atoms with E-state index in [1.165, 1.54) is 25.0 Å². The van der Waals surface area contributed by atoms with Gasteiger partial charge in [0.1, 0.15) is 17.1 Å². The Morgan fingerprint density at radius 2 is 1.89 bits per heavy atom. The van der Waals surface area contributed by atoms with Gasteiger partial charge in [-0.15, -0.1) is 0 Å². The van der Waals surface area contributed by atoms with E-state index in [0.29, 0.717) is 0 Å². The normalized spacial score (nSPS) is 17.2. The van der Waals surface area contributed by atoms with Crippen molar-refractivity contribution in [1.29, 1.82) is 0 Å². The summed E-state index contributed by atoms with van der Waals surface area (Å²) >= 11 is 0. The van der Waals surface area contributed by atoms with Crippen LogP contribution in [0.2, 0.25) is 0 Å². The van der Waals surface area contributed by atoms with E-state index in [1.807, 2.05) is 0 Å². The lowest BCUT2D eigenvalue weighted by molar-refractivity contribution is 0.0682. The van der Waals surface area contributed by atoms with E-state index in [4.69, 9.17) is 9.84 Å². The molecule has 0 amide bonds. The lowest BCUT2D eigenvalue weighted by Crippen LogP contribution is -2.17. The van der Waals surface area contributed by atoms with Gasteiger partial charge in [-0.25, -0.2) is 9.18 Å². The first-order valence-corrected chi connectivity index (χ1v) is 6.37. The third-order valence-corrected chi connectivity index (χ3v) is 3.29. The minimum absolute atomic E-state index is 0.00685. The molecule has 4 heteroatoms. The molecule has 1 saturated carbocycles. The minimum Gasteiger partial charge on any atom is -0.489 e. The van der Waals surface area contributed by atoms with E-state index in [-0.39, 0.29) is 17.4 Å². The van der Waals surface area contributed by atoms with Gasteiger partial charge in [-0.2, -0.15) is 0 Å². The van der Waals surface area contributed by atoms with E-state index in [0.717, 1.165) is 31.7 Å². The van der Waals surface area contributed by atoms with Crippen molar-refractivity contribution in [3.8, 4) is 5.75 Å². The first-order chi connectivity index (χ1) is 8.68. The number of aromatic carboxylic acids is 1.